The summed E-state index contributed by atoms with van der Waals surface area (Å²) >= 11 is 0. The molecule has 0 aliphatic heterocycles. The Morgan fingerprint density at radius 2 is 2.12 bits per heavy atom. The van der Waals surface area contributed by atoms with Crippen molar-refractivity contribution in [3.8, 4) is 5.82 Å². The highest BCUT2D eigenvalue weighted by molar-refractivity contribution is 5.94. The van der Waals surface area contributed by atoms with E-state index in [1.807, 2.05) is 49.3 Å². The monoisotopic (exact) mass is 355 g/mol. The van der Waals surface area contributed by atoms with Crippen molar-refractivity contribution in [1.82, 2.24) is 35.6 Å². The number of amides is 1. The van der Waals surface area contributed by atoms with Crippen LogP contribution in [-0.2, 0) is 6.54 Å². The van der Waals surface area contributed by atoms with Crippen molar-refractivity contribution >= 4 is 17.9 Å². The standard InChI is InChI=1S/C15H17N9O2/c1-23(2)9-11-12(18-22-24(11)14-13(16)20-26-21-14)15(25)19-17-8-10-6-4-3-5-7-10/h3-8H,9H2,1-2H3,(H2,16,20)(H,19,25). The van der Waals surface area contributed by atoms with Crippen LogP contribution >= 0.6 is 0 Å². The van der Waals surface area contributed by atoms with Crippen LogP contribution in [0.15, 0.2) is 40.1 Å². The number of hydrogen-bond donors (Lipinski definition) is 2. The predicted molar refractivity (Wildman–Crippen MR) is 92.5 cm³/mol. The Bertz CT molecular complexity index is 914. The number of nitrogen functional groups attached to an aromatic ring is 1. The first-order valence-electron chi connectivity index (χ1n) is 7.62. The Balaban J connectivity index is 1.84. The molecule has 11 nitrogen and oxygen atoms in total. The van der Waals surface area contributed by atoms with Crippen molar-refractivity contribution in [1.29, 1.82) is 0 Å². The number of rotatable bonds is 6. The number of carbonyl (C=O) groups excluding carboxylic acids is 1. The van der Waals surface area contributed by atoms with Gasteiger partial charge in [-0.1, -0.05) is 35.5 Å². The van der Waals surface area contributed by atoms with Gasteiger partial charge in [0, 0.05) is 6.54 Å². The zero-order valence-corrected chi connectivity index (χ0v) is 14.2. The van der Waals surface area contributed by atoms with Crippen molar-refractivity contribution in [2.45, 2.75) is 6.54 Å². The van der Waals surface area contributed by atoms with E-state index in [1.54, 1.807) is 0 Å². The largest absolute Gasteiger partial charge is 0.378 e. The first-order chi connectivity index (χ1) is 12.6. The second-order valence-electron chi connectivity index (χ2n) is 5.62. The maximum absolute atomic E-state index is 12.5. The minimum Gasteiger partial charge on any atom is -0.378 e. The molecule has 0 bridgehead atoms. The van der Waals surface area contributed by atoms with E-state index in [-0.39, 0.29) is 17.3 Å². The average molecular weight is 355 g/mol. The zero-order chi connectivity index (χ0) is 18.5. The first-order valence-corrected chi connectivity index (χ1v) is 7.62. The molecule has 0 saturated carbocycles. The second kappa shape index (κ2) is 7.53. The van der Waals surface area contributed by atoms with Gasteiger partial charge < -0.3 is 10.6 Å². The van der Waals surface area contributed by atoms with Gasteiger partial charge in [-0.3, -0.25) is 4.79 Å². The molecule has 0 aliphatic carbocycles. The van der Waals surface area contributed by atoms with Crippen molar-refractivity contribution in [2.24, 2.45) is 5.10 Å². The maximum Gasteiger partial charge on any atom is 0.293 e. The smallest absolute Gasteiger partial charge is 0.293 e. The lowest BCUT2D eigenvalue weighted by atomic mass is 10.2. The van der Waals surface area contributed by atoms with Gasteiger partial charge in [0.25, 0.3) is 5.91 Å². The summed E-state index contributed by atoms with van der Waals surface area (Å²) in [5.74, 6) is -0.291. The molecule has 0 saturated heterocycles. The van der Waals surface area contributed by atoms with Crippen LogP contribution in [0.4, 0.5) is 5.82 Å². The van der Waals surface area contributed by atoms with Crippen molar-refractivity contribution < 1.29 is 9.42 Å². The summed E-state index contributed by atoms with van der Waals surface area (Å²) in [5, 5.41) is 19.0. The third-order valence-corrected chi connectivity index (χ3v) is 3.32. The van der Waals surface area contributed by atoms with E-state index in [4.69, 9.17) is 5.73 Å². The Kier molecular flexibility index (Phi) is 4.99. The van der Waals surface area contributed by atoms with Gasteiger partial charge >= 0.3 is 0 Å². The Morgan fingerprint density at radius 3 is 2.77 bits per heavy atom. The fourth-order valence-electron chi connectivity index (χ4n) is 2.18. The average Bonchev–Trinajstić information content (AvgIpc) is 3.21. The SMILES string of the molecule is CN(C)Cc1c(C(=O)NN=Cc2ccccc2)nnn1-c1nonc1N. The van der Waals surface area contributed by atoms with Crippen LogP contribution < -0.4 is 11.2 Å². The highest BCUT2D eigenvalue weighted by Crippen LogP contribution is 2.16. The summed E-state index contributed by atoms with van der Waals surface area (Å²) in [7, 11) is 3.69. The lowest BCUT2D eigenvalue weighted by molar-refractivity contribution is 0.0948. The number of aromatic nitrogens is 5. The number of nitrogens with one attached hydrogen (secondary N) is 1. The minimum atomic E-state index is -0.504. The molecule has 3 N–H and O–H groups in total. The van der Waals surface area contributed by atoms with Crippen LogP contribution in [-0.4, -0.2) is 56.4 Å². The molecule has 0 unspecified atom stereocenters. The highest BCUT2D eigenvalue weighted by Gasteiger charge is 2.24. The minimum absolute atomic E-state index is 0.0453. The molecule has 0 atom stereocenters. The molecule has 2 heterocycles. The molecule has 1 amide bonds. The van der Waals surface area contributed by atoms with E-state index in [2.05, 4.69) is 35.8 Å². The number of hydrogen-bond acceptors (Lipinski definition) is 9. The first kappa shape index (κ1) is 17.2. The summed E-state index contributed by atoms with van der Waals surface area (Å²) < 4.78 is 5.91. The molecule has 0 radical (unpaired) electrons. The fraction of sp³-hybridized carbons (Fsp3) is 0.200. The number of carbonyl (C=O) groups is 1. The van der Waals surface area contributed by atoms with Gasteiger partial charge in [0.15, 0.2) is 5.69 Å². The van der Waals surface area contributed by atoms with E-state index >= 15 is 0 Å². The third kappa shape index (κ3) is 3.72. The predicted octanol–water partition coefficient (Wildman–Crippen LogP) is 0.0580. The van der Waals surface area contributed by atoms with Crippen molar-refractivity contribution in [3.63, 3.8) is 0 Å². The number of anilines is 1. The molecule has 26 heavy (non-hydrogen) atoms. The van der Waals surface area contributed by atoms with Crippen LogP contribution in [0.5, 0.6) is 0 Å². The van der Waals surface area contributed by atoms with Crippen LogP contribution in [0.3, 0.4) is 0 Å². The Labute approximate surface area is 148 Å². The van der Waals surface area contributed by atoms with Gasteiger partial charge in [0.05, 0.1) is 11.9 Å². The van der Waals surface area contributed by atoms with Gasteiger partial charge in [-0.25, -0.2) is 10.1 Å². The fourth-order valence-corrected chi connectivity index (χ4v) is 2.18. The van der Waals surface area contributed by atoms with Crippen LogP contribution in [0, 0.1) is 0 Å². The summed E-state index contributed by atoms with van der Waals surface area (Å²) in [5.41, 5.74) is 9.58. The summed E-state index contributed by atoms with van der Waals surface area (Å²) in [6.45, 7) is 0.366. The van der Waals surface area contributed by atoms with Crippen molar-refractivity contribution in [2.75, 3.05) is 19.8 Å². The third-order valence-electron chi connectivity index (χ3n) is 3.32. The van der Waals surface area contributed by atoms with E-state index in [1.165, 1.54) is 10.9 Å². The molecule has 134 valence electrons. The van der Waals surface area contributed by atoms with E-state index in [9.17, 15) is 4.79 Å². The zero-order valence-electron chi connectivity index (χ0n) is 14.2. The number of benzene rings is 1. The van der Waals surface area contributed by atoms with Gasteiger partial charge in [0.2, 0.25) is 11.6 Å². The van der Waals surface area contributed by atoms with E-state index in [0.29, 0.717) is 12.2 Å². The van der Waals surface area contributed by atoms with Gasteiger partial charge in [-0.05, 0) is 30.0 Å². The number of nitrogens with zero attached hydrogens (tertiary/aromatic N) is 7. The molecular formula is C15H17N9O2. The van der Waals surface area contributed by atoms with E-state index in [0.717, 1.165) is 5.56 Å². The molecular weight excluding hydrogens is 338 g/mol. The van der Waals surface area contributed by atoms with Crippen LogP contribution in [0.25, 0.3) is 5.82 Å². The van der Waals surface area contributed by atoms with Crippen LogP contribution in [0.2, 0.25) is 0 Å². The Morgan fingerprint density at radius 1 is 1.35 bits per heavy atom. The number of hydrazone groups is 1. The Hall–Kier alpha value is -3.60. The molecule has 1 aromatic carbocycles. The molecule has 0 spiro atoms. The molecule has 3 rings (SSSR count). The topological polar surface area (TPSA) is 140 Å². The molecule has 0 aliphatic rings. The lowest BCUT2D eigenvalue weighted by Crippen LogP contribution is -2.23. The lowest BCUT2D eigenvalue weighted by Gasteiger charge is -2.11. The normalized spacial score (nSPS) is 11.3. The summed E-state index contributed by atoms with van der Waals surface area (Å²) in [4.78, 5) is 14.3. The maximum atomic E-state index is 12.5. The van der Waals surface area contributed by atoms with Gasteiger partial charge in [-0.2, -0.15) is 9.78 Å². The van der Waals surface area contributed by atoms with E-state index < -0.39 is 5.91 Å². The molecule has 2 aromatic heterocycles. The van der Waals surface area contributed by atoms with Gasteiger partial charge in [-0.15, -0.1) is 5.10 Å². The highest BCUT2D eigenvalue weighted by atomic mass is 16.6. The molecule has 3 aromatic rings. The summed E-state index contributed by atoms with van der Waals surface area (Å²) in [6.07, 6.45) is 1.54. The van der Waals surface area contributed by atoms with Gasteiger partial charge in [0.1, 0.15) is 0 Å². The molecule has 0 fully saturated rings. The molecule has 11 heteroatoms. The quantitative estimate of drug-likeness (QED) is 0.467. The summed E-state index contributed by atoms with van der Waals surface area (Å²) in [6, 6.07) is 9.38. The second-order valence-corrected chi connectivity index (χ2v) is 5.62. The van der Waals surface area contributed by atoms with Crippen LogP contribution in [0.1, 0.15) is 21.7 Å². The van der Waals surface area contributed by atoms with Crippen molar-refractivity contribution in [3.05, 3.63) is 47.3 Å². The number of nitrogens with two attached hydrogens (primary N) is 1.